The Bertz CT molecular complexity index is 979. The first-order chi connectivity index (χ1) is 12.6. The highest BCUT2D eigenvalue weighted by molar-refractivity contribution is 6.30. The van der Waals surface area contributed by atoms with E-state index in [1.54, 1.807) is 17.0 Å². The van der Waals surface area contributed by atoms with Crippen LogP contribution < -0.4 is 10.2 Å². The molecular weight excluding hydrogens is 348 g/mol. The topological polar surface area (TPSA) is 49.4 Å². The first-order valence-electron chi connectivity index (χ1n) is 8.46. The van der Waals surface area contributed by atoms with Crippen molar-refractivity contribution in [3.63, 3.8) is 0 Å². The van der Waals surface area contributed by atoms with Gasteiger partial charge in [-0.05, 0) is 41.1 Å². The van der Waals surface area contributed by atoms with Gasteiger partial charge in [0.1, 0.15) is 0 Å². The molecule has 3 aromatic rings. The SMILES string of the molecule is O=C(NC1CC(=O)N(c2ccc(Cl)cc2)C1)c1cccc2ccccc12. The molecule has 1 aliphatic rings. The number of rotatable bonds is 3. The summed E-state index contributed by atoms with van der Waals surface area (Å²) < 4.78 is 0. The number of hydrogen-bond acceptors (Lipinski definition) is 2. The zero-order chi connectivity index (χ0) is 18.1. The second-order valence-corrected chi connectivity index (χ2v) is 6.82. The summed E-state index contributed by atoms with van der Waals surface area (Å²) >= 11 is 5.91. The standard InChI is InChI=1S/C21H17ClN2O2/c22-15-8-10-17(11-9-15)24-13-16(12-20(24)25)23-21(26)19-7-3-5-14-4-1-2-6-18(14)19/h1-11,16H,12-13H2,(H,23,26). The highest BCUT2D eigenvalue weighted by Crippen LogP contribution is 2.24. The van der Waals surface area contributed by atoms with Crippen molar-refractivity contribution in [2.24, 2.45) is 0 Å². The van der Waals surface area contributed by atoms with Gasteiger partial charge in [-0.2, -0.15) is 0 Å². The predicted octanol–water partition coefficient (Wildman–Crippen LogP) is 4.03. The van der Waals surface area contributed by atoms with Crippen LogP contribution >= 0.6 is 11.6 Å². The third-order valence-corrected chi connectivity index (χ3v) is 4.88. The molecule has 1 aliphatic heterocycles. The smallest absolute Gasteiger partial charge is 0.252 e. The van der Waals surface area contributed by atoms with Gasteiger partial charge in [-0.3, -0.25) is 9.59 Å². The van der Waals surface area contributed by atoms with Gasteiger partial charge >= 0.3 is 0 Å². The molecule has 1 N–H and O–H groups in total. The Kier molecular flexibility index (Phi) is 4.35. The molecule has 26 heavy (non-hydrogen) atoms. The van der Waals surface area contributed by atoms with Gasteiger partial charge in [0.2, 0.25) is 5.91 Å². The summed E-state index contributed by atoms with van der Waals surface area (Å²) in [6.45, 7) is 0.455. The molecule has 1 fully saturated rings. The summed E-state index contributed by atoms with van der Waals surface area (Å²) in [5.74, 6) is -0.159. The molecule has 0 aliphatic carbocycles. The summed E-state index contributed by atoms with van der Waals surface area (Å²) in [5, 5.41) is 5.56. The number of anilines is 1. The van der Waals surface area contributed by atoms with E-state index in [1.807, 2.05) is 54.6 Å². The lowest BCUT2D eigenvalue weighted by molar-refractivity contribution is -0.117. The van der Waals surface area contributed by atoms with Gasteiger partial charge in [0, 0.05) is 29.2 Å². The lowest BCUT2D eigenvalue weighted by Crippen LogP contribution is -2.37. The molecule has 130 valence electrons. The van der Waals surface area contributed by atoms with Crippen molar-refractivity contribution in [2.75, 3.05) is 11.4 Å². The summed E-state index contributed by atoms with van der Waals surface area (Å²) in [7, 11) is 0. The number of fused-ring (bicyclic) bond motifs is 1. The van der Waals surface area contributed by atoms with Gasteiger partial charge in [0.15, 0.2) is 0 Å². The van der Waals surface area contributed by atoms with E-state index >= 15 is 0 Å². The number of nitrogens with zero attached hydrogens (tertiary/aromatic N) is 1. The maximum Gasteiger partial charge on any atom is 0.252 e. The Balaban J connectivity index is 1.52. The zero-order valence-electron chi connectivity index (χ0n) is 14.0. The molecule has 2 amide bonds. The van der Waals surface area contributed by atoms with Gasteiger partial charge in [0.05, 0.1) is 6.04 Å². The van der Waals surface area contributed by atoms with Crippen molar-refractivity contribution in [1.29, 1.82) is 0 Å². The minimum absolute atomic E-state index is 0.00413. The number of amides is 2. The molecule has 1 heterocycles. The van der Waals surface area contributed by atoms with Crippen molar-refractivity contribution >= 4 is 39.9 Å². The summed E-state index contributed by atoms with van der Waals surface area (Å²) in [6, 6.07) is 20.4. The number of halogens is 1. The Hall–Kier alpha value is -2.85. The molecule has 0 saturated carbocycles. The monoisotopic (exact) mass is 364 g/mol. The second kappa shape index (κ2) is 6.81. The van der Waals surface area contributed by atoms with Crippen molar-refractivity contribution < 1.29 is 9.59 Å². The van der Waals surface area contributed by atoms with E-state index in [-0.39, 0.29) is 17.9 Å². The summed E-state index contributed by atoms with van der Waals surface area (Å²) in [6.07, 6.45) is 0.291. The molecule has 0 radical (unpaired) electrons. The Morgan fingerprint density at radius 3 is 2.54 bits per heavy atom. The first kappa shape index (κ1) is 16.6. The van der Waals surface area contributed by atoms with Gasteiger partial charge in [0.25, 0.3) is 5.91 Å². The molecule has 0 aromatic heterocycles. The molecule has 1 saturated heterocycles. The Labute approximate surface area is 156 Å². The molecule has 3 aromatic carbocycles. The minimum Gasteiger partial charge on any atom is -0.347 e. The quantitative estimate of drug-likeness (QED) is 0.762. The van der Waals surface area contributed by atoms with E-state index < -0.39 is 0 Å². The fourth-order valence-corrected chi connectivity index (χ4v) is 3.49. The average molecular weight is 365 g/mol. The fourth-order valence-electron chi connectivity index (χ4n) is 3.36. The van der Waals surface area contributed by atoms with Crippen LogP contribution in [0, 0.1) is 0 Å². The Morgan fingerprint density at radius 1 is 1.00 bits per heavy atom. The number of carbonyl (C=O) groups is 2. The van der Waals surface area contributed by atoms with Gasteiger partial charge in [-0.1, -0.05) is 48.0 Å². The molecule has 4 rings (SSSR count). The van der Waals surface area contributed by atoms with Crippen molar-refractivity contribution in [1.82, 2.24) is 5.32 Å². The third-order valence-electron chi connectivity index (χ3n) is 4.63. The van der Waals surface area contributed by atoms with Crippen LogP contribution in [-0.4, -0.2) is 24.4 Å². The van der Waals surface area contributed by atoms with Crippen LogP contribution in [0.2, 0.25) is 5.02 Å². The van der Waals surface area contributed by atoms with E-state index in [0.29, 0.717) is 23.6 Å². The lowest BCUT2D eigenvalue weighted by Gasteiger charge is -2.17. The van der Waals surface area contributed by atoms with Crippen molar-refractivity contribution in [3.05, 3.63) is 77.3 Å². The van der Waals surface area contributed by atoms with Gasteiger partial charge in [-0.15, -0.1) is 0 Å². The summed E-state index contributed by atoms with van der Waals surface area (Å²) in [4.78, 5) is 26.8. The van der Waals surface area contributed by atoms with E-state index in [0.717, 1.165) is 16.5 Å². The first-order valence-corrected chi connectivity index (χ1v) is 8.84. The molecule has 1 atom stereocenters. The maximum absolute atomic E-state index is 12.8. The van der Waals surface area contributed by atoms with Gasteiger partial charge < -0.3 is 10.2 Å². The lowest BCUT2D eigenvalue weighted by atomic mass is 10.0. The highest BCUT2D eigenvalue weighted by Gasteiger charge is 2.31. The zero-order valence-corrected chi connectivity index (χ0v) is 14.7. The number of carbonyl (C=O) groups excluding carboxylic acids is 2. The van der Waals surface area contributed by atoms with Crippen LogP contribution in [-0.2, 0) is 4.79 Å². The average Bonchev–Trinajstić information content (AvgIpc) is 3.02. The Morgan fingerprint density at radius 2 is 1.73 bits per heavy atom. The molecule has 5 heteroatoms. The number of nitrogens with one attached hydrogen (secondary N) is 1. The maximum atomic E-state index is 12.8. The van der Waals surface area contributed by atoms with Crippen LogP contribution in [0.5, 0.6) is 0 Å². The predicted molar refractivity (Wildman–Crippen MR) is 104 cm³/mol. The van der Waals surface area contributed by atoms with E-state index in [2.05, 4.69) is 5.32 Å². The number of benzene rings is 3. The third kappa shape index (κ3) is 3.16. The van der Waals surface area contributed by atoms with Gasteiger partial charge in [-0.25, -0.2) is 0 Å². The van der Waals surface area contributed by atoms with E-state index in [9.17, 15) is 9.59 Å². The molecule has 1 unspecified atom stereocenters. The minimum atomic E-state index is -0.218. The molecular formula is C21H17ClN2O2. The molecule has 0 spiro atoms. The van der Waals surface area contributed by atoms with E-state index in [4.69, 9.17) is 11.6 Å². The largest absolute Gasteiger partial charge is 0.347 e. The van der Waals surface area contributed by atoms with Crippen LogP contribution in [0.25, 0.3) is 10.8 Å². The highest BCUT2D eigenvalue weighted by atomic mass is 35.5. The van der Waals surface area contributed by atoms with Crippen LogP contribution in [0.3, 0.4) is 0 Å². The normalized spacial score (nSPS) is 16.9. The summed E-state index contributed by atoms with van der Waals surface area (Å²) in [5.41, 5.74) is 1.42. The fraction of sp³-hybridized carbons (Fsp3) is 0.143. The van der Waals surface area contributed by atoms with E-state index in [1.165, 1.54) is 0 Å². The second-order valence-electron chi connectivity index (χ2n) is 6.38. The van der Waals surface area contributed by atoms with Crippen LogP contribution in [0.1, 0.15) is 16.8 Å². The van der Waals surface area contributed by atoms with Crippen molar-refractivity contribution in [3.8, 4) is 0 Å². The van der Waals surface area contributed by atoms with Crippen LogP contribution in [0.15, 0.2) is 66.7 Å². The van der Waals surface area contributed by atoms with Crippen LogP contribution in [0.4, 0.5) is 5.69 Å². The molecule has 0 bridgehead atoms. The van der Waals surface area contributed by atoms with Crippen molar-refractivity contribution in [2.45, 2.75) is 12.5 Å². The molecule has 4 nitrogen and oxygen atoms in total. The number of hydrogen-bond donors (Lipinski definition) is 1.